The number of carbonyl (C=O) groups excluding carboxylic acids is 3. The molecule has 0 bridgehead atoms. The smallest absolute Gasteiger partial charge is 0.317 e. The van der Waals surface area contributed by atoms with Crippen LogP contribution in [0.4, 0.5) is 5.69 Å². The summed E-state index contributed by atoms with van der Waals surface area (Å²) < 4.78 is 10.4. The minimum absolute atomic E-state index is 0.0444. The summed E-state index contributed by atoms with van der Waals surface area (Å²) in [6, 6.07) is 7.13. The lowest BCUT2D eigenvalue weighted by Crippen LogP contribution is -2.55. The molecule has 1 aromatic rings. The number of nitrogens with zero attached hydrogens (tertiary/aromatic N) is 1. The quantitative estimate of drug-likeness (QED) is 0.395. The van der Waals surface area contributed by atoms with Gasteiger partial charge >= 0.3 is 11.9 Å². The number of carbonyl (C=O) groups is 3. The van der Waals surface area contributed by atoms with Gasteiger partial charge in [0.1, 0.15) is 19.1 Å². The van der Waals surface area contributed by atoms with Crippen molar-refractivity contribution in [3.63, 3.8) is 0 Å². The Hall–Kier alpha value is -2.93. The Bertz CT molecular complexity index is 811. The number of aliphatic hydroxyl groups is 1. The Kier molecular flexibility index (Phi) is 7.56. The summed E-state index contributed by atoms with van der Waals surface area (Å²) >= 11 is 0. The third kappa shape index (κ3) is 4.97. The molecule has 7 heteroatoms. The zero-order valence-corrected chi connectivity index (χ0v) is 17.7. The summed E-state index contributed by atoms with van der Waals surface area (Å²) in [6.07, 6.45) is 2.45. The van der Waals surface area contributed by atoms with Gasteiger partial charge in [0.15, 0.2) is 5.78 Å². The molecule has 1 N–H and O–H groups in total. The van der Waals surface area contributed by atoms with Crippen molar-refractivity contribution >= 4 is 23.4 Å². The predicted molar refractivity (Wildman–Crippen MR) is 113 cm³/mol. The van der Waals surface area contributed by atoms with Crippen molar-refractivity contribution in [2.24, 2.45) is 11.8 Å². The van der Waals surface area contributed by atoms with Crippen LogP contribution in [0.2, 0.25) is 0 Å². The van der Waals surface area contributed by atoms with E-state index in [-0.39, 0.29) is 19.6 Å². The maximum atomic E-state index is 12.9. The second-order valence-electron chi connectivity index (χ2n) is 7.80. The lowest BCUT2D eigenvalue weighted by atomic mass is 9.61. The van der Waals surface area contributed by atoms with E-state index in [2.05, 4.69) is 13.2 Å². The number of rotatable bonds is 8. The highest BCUT2D eigenvalue weighted by Gasteiger charge is 2.57. The second-order valence-corrected chi connectivity index (χ2v) is 7.80. The third-order valence-corrected chi connectivity index (χ3v) is 5.26. The molecule has 30 heavy (non-hydrogen) atoms. The Morgan fingerprint density at radius 3 is 2.17 bits per heavy atom. The first-order valence-electron chi connectivity index (χ1n) is 9.71. The minimum atomic E-state index is -1.69. The second kappa shape index (κ2) is 9.71. The van der Waals surface area contributed by atoms with Gasteiger partial charge < -0.3 is 19.5 Å². The predicted octanol–water partition coefficient (Wildman–Crippen LogP) is 2.25. The van der Waals surface area contributed by atoms with Crippen LogP contribution in [0.1, 0.15) is 24.8 Å². The van der Waals surface area contributed by atoms with Crippen molar-refractivity contribution in [1.29, 1.82) is 0 Å². The molecule has 0 saturated heterocycles. The summed E-state index contributed by atoms with van der Waals surface area (Å²) in [7, 11) is 3.77. The van der Waals surface area contributed by atoms with Crippen molar-refractivity contribution in [1.82, 2.24) is 0 Å². The molecule has 4 atom stereocenters. The minimum Gasteiger partial charge on any atom is -0.461 e. The van der Waals surface area contributed by atoms with Gasteiger partial charge in [-0.2, -0.15) is 0 Å². The van der Waals surface area contributed by atoms with E-state index >= 15 is 0 Å². The zero-order valence-electron chi connectivity index (χ0n) is 17.7. The first kappa shape index (κ1) is 23.3. The van der Waals surface area contributed by atoms with Crippen molar-refractivity contribution in [3.8, 4) is 0 Å². The highest BCUT2D eigenvalue weighted by molar-refractivity contribution is 6.02. The van der Waals surface area contributed by atoms with Gasteiger partial charge in [-0.05, 0) is 24.6 Å². The SMILES string of the molecule is C=CCOC(=O)[C@H]1C(=O)C[C@](C)(O)[C@@H](C(=O)OCC=C)[C@H]1c1ccc(N(C)C)cc1. The Balaban J connectivity index is 2.57. The standard InChI is InChI=1S/C23H29NO6/c1-6-12-29-21(26)19-17(25)14-23(3,28)20(22(27)30-13-7-2)18(19)15-8-10-16(11-9-15)24(4)5/h6-11,18-20,28H,1-2,12-14H2,3-5H3/t18-,19-,20+,23-/m0/s1. The van der Waals surface area contributed by atoms with E-state index in [0.29, 0.717) is 5.56 Å². The van der Waals surface area contributed by atoms with Gasteiger partial charge in [0.2, 0.25) is 0 Å². The maximum Gasteiger partial charge on any atom is 0.317 e. The number of ether oxygens (including phenoxy) is 2. The van der Waals surface area contributed by atoms with Gasteiger partial charge in [0.25, 0.3) is 0 Å². The van der Waals surface area contributed by atoms with E-state index < -0.39 is 41.1 Å². The monoisotopic (exact) mass is 415 g/mol. The molecule has 2 rings (SSSR count). The molecule has 1 aliphatic rings. The van der Waals surface area contributed by atoms with E-state index in [4.69, 9.17) is 9.47 Å². The number of hydrogen-bond donors (Lipinski definition) is 1. The van der Waals surface area contributed by atoms with Crippen LogP contribution < -0.4 is 4.90 Å². The number of benzene rings is 1. The molecule has 0 aromatic heterocycles. The van der Waals surface area contributed by atoms with Gasteiger partial charge in [0.05, 0.1) is 11.5 Å². The fourth-order valence-corrected chi connectivity index (χ4v) is 3.87. The lowest BCUT2D eigenvalue weighted by Gasteiger charge is -2.43. The average molecular weight is 415 g/mol. The number of ketones is 1. The van der Waals surface area contributed by atoms with Gasteiger partial charge in [-0.3, -0.25) is 14.4 Å². The molecule has 0 heterocycles. The molecule has 7 nitrogen and oxygen atoms in total. The van der Waals surface area contributed by atoms with Crippen LogP contribution >= 0.6 is 0 Å². The van der Waals surface area contributed by atoms with Crippen LogP contribution in [-0.4, -0.2) is 55.7 Å². The third-order valence-electron chi connectivity index (χ3n) is 5.26. The molecule has 1 aliphatic carbocycles. The fourth-order valence-electron chi connectivity index (χ4n) is 3.87. The van der Waals surface area contributed by atoms with Crippen molar-refractivity contribution in [2.75, 3.05) is 32.2 Å². The van der Waals surface area contributed by atoms with Crippen molar-refractivity contribution in [3.05, 3.63) is 55.1 Å². The van der Waals surface area contributed by atoms with Crippen LogP contribution in [0.25, 0.3) is 0 Å². The van der Waals surface area contributed by atoms with Crippen LogP contribution in [0, 0.1) is 11.8 Å². The van der Waals surface area contributed by atoms with Crippen LogP contribution in [0.5, 0.6) is 0 Å². The summed E-state index contributed by atoms with van der Waals surface area (Å²) in [5, 5.41) is 11.0. The zero-order chi connectivity index (χ0) is 22.5. The van der Waals surface area contributed by atoms with Crippen LogP contribution in [0.3, 0.4) is 0 Å². The topological polar surface area (TPSA) is 93.1 Å². The maximum absolute atomic E-state index is 12.9. The molecule has 0 radical (unpaired) electrons. The Morgan fingerprint density at radius 1 is 1.13 bits per heavy atom. The number of hydrogen-bond acceptors (Lipinski definition) is 7. The van der Waals surface area contributed by atoms with Gasteiger partial charge in [0, 0.05) is 32.1 Å². The van der Waals surface area contributed by atoms with E-state index in [0.717, 1.165) is 5.69 Å². The number of anilines is 1. The highest BCUT2D eigenvalue weighted by Crippen LogP contribution is 2.47. The van der Waals surface area contributed by atoms with Gasteiger partial charge in [-0.1, -0.05) is 37.4 Å². The number of esters is 2. The molecule has 0 amide bonds. The highest BCUT2D eigenvalue weighted by atomic mass is 16.5. The molecule has 162 valence electrons. The molecular formula is C23H29NO6. The molecular weight excluding hydrogens is 386 g/mol. The molecule has 1 saturated carbocycles. The first-order valence-corrected chi connectivity index (χ1v) is 9.71. The number of Topliss-reactive ketones (excluding diaryl/α,β-unsaturated/α-hetero) is 1. The summed E-state index contributed by atoms with van der Waals surface area (Å²) in [5.41, 5.74) is -0.214. The summed E-state index contributed by atoms with van der Waals surface area (Å²) in [6.45, 7) is 8.35. The Morgan fingerprint density at radius 2 is 1.67 bits per heavy atom. The average Bonchev–Trinajstić information content (AvgIpc) is 2.69. The summed E-state index contributed by atoms with van der Waals surface area (Å²) in [4.78, 5) is 40.5. The van der Waals surface area contributed by atoms with Crippen molar-refractivity contribution in [2.45, 2.75) is 24.9 Å². The lowest BCUT2D eigenvalue weighted by molar-refractivity contribution is -0.171. The Labute approximate surface area is 177 Å². The van der Waals surface area contributed by atoms with Gasteiger partial charge in [-0.25, -0.2) is 0 Å². The first-order chi connectivity index (χ1) is 14.1. The normalized spacial score (nSPS) is 25.9. The molecule has 0 aliphatic heterocycles. The van der Waals surface area contributed by atoms with E-state index in [1.807, 2.05) is 31.1 Å². The van der Waals surface area contributed by atoms with Crippen molar-refractivity contribution < 1.29 is 29.0 Å². The molecule has 1 aromatic carbocycles. The fraction of sp³-hybridized carbons (Fsp3) is 0.435. The van der Waals surface area contributed by atoms with Crippen LogP contribution in [0.15, 0.2) is 49.6 Å². The van der Waals surface area contributed by atoms with E-state index in [1.54, 1.807) is 12.1 Å². The molecule has 1 fully saturated rings. The van der Waals surface area contributed by atoms with Crippen LogP contribution in [-0.2, 0) is 23.9 Å². The van der Waals surface area contributed by atoms with Gasteiger partial charge in [-0.15, -0.1) is 0 Å². The largest absolute Gasteiger partial charge is 0.461 e. The van der Waals surface area contributed by atoms with E-state index in [1.165, 1.54) is 19.1 Å². The molecule has 0 unspecified atom stereocenters. The summed E-state index contributed by atoms with van der Waals surface area (Å²) in [5.74, 6) is -5.25. The van der Waals surface area contributed by atoms with E-state index in [9.17, 15) is 19.5 Å². The molecule has 0 spiro atoms.